The first-order chi connectivity index (χ1) is 10.2. The molecule has 1 saturated heterocycles. The Kier molecular flexibility index (Phi) is 3.16. The lowest BCUT2D eigenvalue weighted by Crippen LogP contribution is -2.03. The molecule has 1 N–H and O–H groups in total. The van der Waals surface area contributed by atoms with E-state index in [9.17, 15) is 5.11 Å². The minimum Gasteiger partial charge on any atom is -0.507 e. The molecule has 21 heavy (non-hydrogen) atoms. The number of aromatic nitrogens is 4. The standard InChI is InChI=1S/C13H11BrN4O2S/c14-8-4-3-7(6-9(8)19)12-17-18-11(10-2-1-5-20-10)15-16-13(18)21-12/h3-4,6,10,19H,1-2,5H2. The largest absolute Gasteiger partial charge is 0.507 e. The van der Waals surface area contributed by atoms with Crippen LogP contribution in [0.5, 0.6) is 5.75 Å². The van der Waals surface area contributed by atoms with Crippen molar-refractivity contribution in [1.29, 1.82) is 0 Å². The second kappa shape index (κ2) is 5.04. The van der Waals surface area contributed by atoms with Gasteiger partial charge in [0.25, 0.3) is 0 Å². The van der Waals surface area contributed by atoms with Gasteiger partial charge in [0.2, 0.25) is 4.96 Å². The summed E-state index contributed by atoms with van der Waals surface area (Å²) in [7, 11) is 0. The van der Waals surface area contributed by atoms with Crippen molar-refractivity contribution in [2.45, 2.75) is 18.9 Å². The highest BCUT2D eigenvalue weighted by atomic mass is 79.9. The number of fused-ring (bicyclic) bond motifs is 1. The van der Waals surface area contributed by atoms with Gasteiger partial charge in [-0.15, -0.1) is 10.2 Å². The van der Waals surface area contributed by atoms with E-state index < -0.39 is 0 Å². The molecule has 1 aliphatic rings. The van der Waals surface area contributed by atoms with E-state index in [0.29, 0.717) is 4.47 Å². The summed E-state index contributed by atoms with van der Waals surface area (Å²) < 4.78 is 8.06. The maximum atomic E-state index is 9.79. The normalized spacial score (nSPS) is 18.6. The Bertz CT molecular complexity index is 810. The van der Waals surface area contributed by atoms with Gasteiger partial charge in [-0.3, -0.25) is 0 Å². The molecule has 4 rings (SSSR count). The fraction of sp³-hybridized carbons (Fsp3) is 0.308. The molecule has 1 fully saturated rings. The molecular formula is C13H11BrN4O2S. The van der Waals surface area contributed by atoms with Crippen molar-refractivity contribution in [3.05, 3.63) is 28.5 Å². The second-order valence-corrected chi connectivity index (χ2v) is 6.64. The van der Waals surface area contributed by atoms with E-state index in [1.807, 2.05) is 6.07 Å². The number of hydrogen-bond acceptors (Lipinski definition) is 6. The molecule has 0 bridgehead atoms. The summed E-state index contributed by atoms with van der Waals surface area (Å²) in [5.41, 5.74) is 0.851. The van der Waals surface area contributed by atoms with Crippen molar-refractivity contribution in [2.24, 2.45) is 0 Å². The molecule has 2 aromatic heterocycles. The minimum absolute atomic E-state index is 0.0201. The fourth-order valence-corrected chi connectivity index (χ4v) is 3.47. The van der Waals surface area contributed by atoms with Crippen LogP contribution in [0, 0.1) is 0 Å². The van der Waals surface area contributed by atoms with Crippen LogP contribution < -0.4 is 0 Å². The van der Waals surface area contributed by atoms with Crippen LogP contribution in [0.25, 0.3) is 15.5 Å². The Morgan fingerprint density at radius 1 is 1.38 bits per heavy atom. The predicted molar refractivity (Wildman–Crippen MR) is 81.4 cm³/mol. The van der Waals surface area contributed by atoms with Crippen LogP contribution in [0.15, 0.2) is 22.7 Å². The van der Waals surface area contributed by atoms with Gasteiger partial charge in [-0.2, -0.15) is 9.61 Å². The van der Waals surface area contributed by atoms with E-state index in [2.05, 4.69) is 31.2 Å². The Morgan fingerprint density at radius 3 is 3.05 bits per heavy atom. The van der Waals surface area contributed by atoms with Gasteiger partial charge in [0.15, 0.2) is 5.82 Å². The third-order valence-electron chi connectivity index (χ3n) is 3.43. The van der Waals surface area contributed by atoms with E-state index in [-0.39, 0.29) is 11.9 Å². The maximum Gasteiger partial charge on any atom is 0.235 e. The predicted octanol–water partition coefficient (Wildman–Crippen LogP) is 3.17. The highest BCUT2D eigenvalue weighted by molar-refractivity contribution is 9.10. The average Bonchev–Trinajstić information content (AvgIpc) is 3.16. The number of nitrogens with zero attached hydrogens (tertiary/aromatic N) is 4. The molecule has 0 spiro atoms. The van der Waals surface area contributed by atoms with E-state index in [1.54, 1.807) is 16.6 Å². The van der Waals surface area contributed by atoms with Crippen molar-refractivity contribution in [3.8, 4) is 16.3 Å². The van der Waals surface area contributed by atoms with Gasteiger partial charge in [0, 0.05) is 12.2 Å². The van der Waals surface area contributed by atoms with Gasteiger partial charge in [-0.1, -0.05) is 17.4 Å². The summed E-state index contributed by atoms with van der Waals surface area (Å²) in [6.45, 7) is 0.761. The summed E-state index contributed by atoms with van der Waals surface area (Å²) in [4.78, 5) is 0.734. The molecule has 3 aromatic rings. The highest BCUT2D eigenvalue weighted by Crippen LogP contribution is 2.33. The van der Waals surface area contributed by atoms with Gasteiger partial charge in [-0.25, -0.2) is 0 Å². The quantitative estimate of drug-likeness (QED) is 0.753. The Morgan fingerprint density at radius 2 is 2.29 bits per heavy atom. The average molecular weight is 367 g/mol. The zero-order valence-corrected chi connectivity index (χ0v) is 13.3. The topological polar surface area (TPSA) is 72.5 Å². The lowest BCUT2D eigenvalue weighted by Gasteiger charge is -2.04. The van der Waals surface area contributed by atoms with Crippen LogP contribution >= 0.6 is 27.3 Å². The van der Waals surface area contributed by atoms with Gasteiger partial charge in [0.1, 0.15) is 16.9 Å². The van der Waals surface area contributed by atoms with Crippen LogP contribution in [-0.4, -0.2) is 31.5 Å². The van der Waals surface area contributed by atoms with E-state index in [1.165, 1.54) is 11.3 Å². The van der Waals surface area contributed by atoms with Crippen LogP contribution in [0.3, 0.4) is 0 Å². The first-order valence-corrected chi connectivity index (χ1v) is 8.16. The van der Waals surface area contributed by atoms with Gasteiger partial charge >= 0.3 is 0 Å². The van der Waals surface area contributed by atoms with E-state index >= 15 is 0 Å². The Hall–Kier alpha value is -1.51. The summed E-state index contributed by atoms with van der Waals surface area (Å²) in [5.74, 6) is 0.948. The molecule has 8 heteroatoms. The summed E-state index contributed by atoms with van der Waals surface area (Å²) in [6.07, 6.45) is 1.97. The molecule has 0 aliphatic carbocycles. The summed E-state index contributed by atoms with van der Waals surface area (Å²) in [5, 5.41) is 23.5. The number of phenolic OH excluding ortho intramolecular Hbond substituents is 1. The third kappa shape index (κ3) is 2.23. The number of ether oxygens (including phenoxy) is 1. The molecule has 6 nitrogen and oxygen atoms in total. The number of hydrogen-bond donors (Lipinski definition) is 1. The van der Waals surface area contributed by atoms with E-state index in [4.69, 9.17) is 4.74 Å². The lowest BCUT2D eigenvalue weighted by molar-refractivity contribution is 0.103. The van der Waals surface area contributed by atoms with Crippen molar-refractivity contribution < 1.29 is 9.84 Å². The maximum absolute atomic E-state index is 9.79. The van der Waals surface area contributed by atoms with Crippen molar-refractivity contribution >= 4 is 32.2 Å². The number of aromatic hydroxyl groups is 1. The van der Waals surface area contributed by atoms with Gasteiger partial charge < -0.3 is 9.84 Å². The SMILES string of the molecule is Oc1cc(-c2nn3c(C4CCCO4)nnc3s2)ccc1Br. The number of phenols is 1. The Balaban J connectivity index is 1.78. The molecule has 3 heterocycles. The molecule has 0 amide bonds. The highest BCUT2D eigenvalue weighted by Gasteiger charge is 2.25. The van der Waals surface area contributed by atoms with Gasteiger partial charge in [-0.05, 0) is 40.9 Å². The number of halogens is 1. The second-order valence-electron chi connectivity index (χ2n) is 4.83. The van der Waals surface area contributed by atoms with Crippen molar-refractivity contribution in [3.63, 3.8) is 0 Å². The number of rotatable bonds is 2. The monoisotopic (exact) mass is 366 g/mol. The zero-order chi connectivity index (χ0) is 14.4. The molecule has 1 aromatic carbocycles. The van der Waals surface area contributed by atoms with Crippen LogP contribution in [0.4, 0.5) is 0 Å². The van der Waals surface area contributed by atoms with Crippen LogP contribution in [-0.2, 0) is 4.74 Å². The molecule has 0 radical (unpaired) electrons. The molecule has 108 valence electrons. The summed E-state index contributed by atoms with van der Waals surface area (Å²) >= 11 is 4.72. The molecule has 0 saturated carbocycles. The molecule has 1 aliphatic heterocycles. The van der Waals surface area contributed by atoms with Crippen LogP contribution in [0.1, 0.15) is 24.8 Å². The summed E-state index contributed by atoms with van der Waals surface area (Å²) in [6, 6.07) is 5.39. The van der Waals surface area contributed by atoms with Crippen molar-refractivity contribution in [1.82, 2.24) is 19.8 Å². The number of benzene rings is 1. The Labute approximate surface area is 132 Å². The molecule has 1 atom stereocenters. The zero-order valence-electron chi connectivity index (χ0n) is 10.9. The lowest BCUT2D eigenvalue weighted by atomic mass is 10.2. The van der Waals surface area contributed by atoms with Crippen LogP contribution in [0.2, 0.25) is 0 Å². The minimum atomic E-state index is -0.0201. The van der Waals surface area contributed by atoms with E-state index in [0.717, 1.165) is 40.8 Å². The smallest absolute Gasteiger partial charge is 0.235 e. The third-order valence-corrected chi connectivity index (χ3v) is 5.04. The molecular weight excluding hydrogens is 356 g/mol. The molecule has 1 unspecified atom stereocenters. The first-order valence-electron chi connectivity index (χ1n) is 6.55. The van der Waals surface area contributed by atoms with Crippen molar-refractivity contribution in [2.75, 3.05) is 6.61 Å². The van der Waals surface area contributed by atoms with Gasteiger partial charge in [0.05, 0.1) is 4.47 Å². The first kappa shape index (κ1) is 13.2. The fourth-order valence-electron chi connectivity index (χ4n) is 2.38.